The third kappa shape index (κ3) is 2.32. The van der Waals surface area contributed by atoms with Crippen LogP contribution in [0.15, 0.2) is 48.5 Å². The first-order valence-electron chi connectivity index (χ1n) is 6.90. The topological polar surface area (TPSA) is 43.8 Å². The molecule has 0 amide bonds. The van der Waals surface area contributed by atoms with Crippen molar-refractivity contribution in [2.24, 2.45) is 12.8 Å². The Hall–Kier alpha value is -2.13. The van der Waals surface area contributed by atoms with Crippen LogP contribution in [0, 0.1) is 0 Å². The maximum absolute atomic E-state index is 5.96. The molecule has 1 atom stereocenters. The second kappa shape index (κ2) is 5.10. The zero-order chi connectivity index (χ0) is 14.1. The van der Waals surface area contributed by atoms with Crippen molar-refractivity contribution in [2.45, 2.75) is 19.4 Å². The summed E-state index contributed by atoms with van der Waals surface area (Å²) in [6.45, 7) is 2.00. The van der Waals surface area contributed by atoms with Crippen molar-refractivity contribution in [3.8, 4) is 0 Å². The number of fused-ring (bicyclic) bond motifs is 1. The van der Waals surface area contributed by atoms with Crippen molar-refractivity contribution >= 4 is 11.0 Å². The first-order valence-corrected chi connectivity index (χ1v) is 6.90. The highest BCUT2D eigenvalue weighted by molar-refractivity contribution is 5.77. The van der Waals surface area contributed by atoms with Crippen LogP contribution in [0.5, 0.6) is 0 Å². The molecular formula is C17H19N3. The van der Waals surface area contributed by atoms with Gasteiger partial charge >= 0.3 is 0 Å². The molecule has 2 aromatic carbocycles. The Balaban J connectivity index is 2.02. The van der Waals surface area contributed by atoms with E-state index in [-0.39, 0.29) is 6.04 Å². The van der Waals surface area contributed by atoms with Crippen molar-refractivity contribution in [3.63, 3.8) is 0 Å². The minimum atomic E-state index is 0.0480. The van der Waals surface area contributed by atoms with E-state index in [2.05, 4.69) is 54.1 Å². The van der Waals surface area contributed by atoms with Crippen LogP contribution >= 0.6 is 0 Å². The molecule has 0 saturated heterocycles. The third-order valence-corrected chi connectivity index (χ3v) is 3.73. The Bertz CT molecular complexity index is 727. The zero-order valence-electron chi connectivity index (χ0n) is 11.9. The molecule has 1 aromatic heterocycles. The van der Waals surface area contributed by atoms with Crippen LogP contribution in [-0.4, -0.2) is 9.55 Å². The van der Waals surface area contributed by atoms with E-state index in [4.69, 9.17) is 10.7 Å². The lowest BCUT2D eigenvalue weighted by Gasteiger charge is -2.06. The summed E-state index contributed by atoms with van der Waals surface area (Å²) in [5.41, 5.74) is 10.6. The van der Waals surface area contributed by atoms with Crippen LogP contribution < -0.4 is 5.73 Å². The van der Waals surface area contributed by atoms with Gasteiger partial charge in [0.2, 0.25) is 0 Å². The molecule has 2 N–H and O–H groups in total. The highest BCUT2D eigenvalue weighted by Crippen LogP contribution is 2.21. The molecule has 0 radical (unpaired) electrons. The molecule has 0 aliphatic rings. The summed E-state index contributed by atoms with van der Waals surface area (Å²) in [4.78, 5) is 4.73. The Kier molecular flexibility index (Phi) is 3.28. The zero-order valence-corrected chi connectivity index (χ0v) is 11.9. The van der Waals surface area contributed by atoms with Crippen LogP contribution in [0.2, 0.25) is 0 Å². The van der Waals surface area contributed by atoms with Gasteiger partial charge in [0.15, 0.2) is 0 Å². The smallest absolute Gasteiger partial charge is 0.114 e. The summed E-state index contributed by atoms with van der Waals surface area (Å²) in [6, 6.07) is 16.7. The van der Waals surface area contributed by atoms with Gasteiger partial charge < -0.3 is 10.3 Å². The highest BCUT2D eigenvalue weighted by atomic mass is 15.1. The Morgan fingerprint density at radius 2 is 1.90 bits per heavy atom. The normalized spacial score (nSPS) is 12.8. The Labute approximate surface area is 119 Å². The number of nitrogens with two attached hydrogens (primary N) is 1. The number of hydrogen-bond donors (Lipinski definition) is 1. The highest BCUT2D eigenvalue weighted by Gasteiger charge is 2.10. The van der Waals surface area contributed by atoms with Crippen LogP contribution in [0.25, 0.3) is 11.0 Å². The molecule has 102 valence electrons. The lowest BCUT2D eigenvalue weighted by Crippen LogP contribution is -2.05. The summed E-state index contributed by atoms with van der Waals surface area (Å²) >= 11 is 0. The fourth-order valence-corrected chi connectivity index (χ4v) is 2.48. The van der Waals surface area contributed by atoms with Gasteiger partial charge in [0.1, 0.15) is 5.82 Å². The molecule has 0 bridgehead atoms. The first-order chi connectivity index (χ1) is 9.65. The molecular weight excluding hydrogens is 246 g/mol. The van der Waals surface area contributed by atoms with Crippen molar-refractivity contribution in [3.05, 3.63) is 65.5 Å². The Morgan fingerprint density at radius 3 is 2.60 bits per heavy atom. The third-order valence-electron chi connectivity index (χ3n) is 3.73. The summed E-state index contributed by atoms with van der Waals surface area (Å²) < 4.78 is 2.16. The molecule has 0 spiro atoms. The van der Waals surface area contributed by atoms with Gasteiger partial charge in [0.05, 0.1) is 11.0 Å². The minimum Gasteiger partial charge on any atom is -0.331 e. The van der Waals surface area contributed by atoms with Crippen LogP contribution in [0.1, 0.15) is 29.9 Å². The van der Waals surface area contributed by atoms with E-state index in [1.54, 1.807) is 0 Å². The average Bonchev–Trinajstić information content (AvgIpc) is 2.76. The van der Waals surface area contributed by atoms with Gasteiger partial charge in [-0.15, -0.1) is 0 Å². The number of aryl methyl sites for hydroxylation is 1. The standard InChI is InChI=1S/C17H19N3/c1-12(18)14-8-9-15-16(11-14)20(2)17(19-15)10-13-6-4-3-5-7-13/h3-9,11-12H,10,18H2,1-2H3. The lowest BCUT2D eigenvalue weighted by atomic mass is 10.1. The number of hydrogen-bond acceptors (Lipinski definition) is 2. The predicted octanol–water partition coefficient (Wildman–Crippen LogP) is 3.18. The molecule has 20 heavy (non-hydrogen) atoms. The van der Waals surface area contributed by atoms with E-state index in [9.17, 15) is 0 Å². The van der Waals surface area contributed by atoms with E-state index >= 15 is 0 Å². The molecule has 3 aromatic rings. The average molecular weight is 265 g/mol. The van der Waals surface area contributed by atoms with Crippen molar-refractivity contribution in [2.75, 3.05) is 0 Å². The molecule has 0 fully saturated rings. The second-order valence-corrected chi connectivity index (χ2v) is 5.29. The largest absolute Gasteiger partial charge is 0.331 e. The number of nitrogens with zero attached hydrogens (tertiary/aromatic N) is 2. The van der Waals surface area contributed by atoms with Crippen LogP contribution in [0.3, 0.4) is 0 Å². The molecule has 3 nitrogen and oxygen atoms in total. The monoisotopic (exact) mass is 265 g/mol. The molecule has 0 aliphatic heterocycles. The predicted molar refractivity (Wildman–Crippen MR) is 82.6 cm³/mol. The Morgan fingerprint density at radius 1 is 1.15 bits per heavy atom. The van der Waals surface area contributed by atoms with E-state index in [1.807, 2.05) is 13.0 Å². The van der Waals surface area contributed by atoms with Gasteiger partial charge in [-0.25, -0.2) is 4.98 Å². The SMILES string of the molecule is CC(N)c1ccc2nc(Cc3ccccc3)n(C)c2c1. The summed E-state index contributed by atoms with van der Waals surface area (Å²) in [5.74, 6) is 1.08. The van der Waals surface area contributed by atoms with E-state index in [0.29, 0.717) is 0 Å². The molecule has 1 unspecified atom stereocenters. The van der Waals surface area contributed by atoms with Gasteiger partial charge in [0.25, 0.3) is 0 Å². The second-order valence-electron chi connectivity index (χ2n) is 5.29. The quantitative estimate of drug-likeness (QED) is 0.790. The fraction of sp³-hybridized carbons (Fsp3) is 0.235. The maximum Gasteiger partial charge on any atom is 0.114 e. The first kappa shape index (κ1) is 12.9. The molecule has 0 aliphatic carbocycles. The summed E-state index contributed by atoms with van der Waals surface area (Å²) in [6.07, 6.45) is 0.847. The number of imidazole rings is 1. The van der Waals surface area contributed by atoms with Gasteiger partial charge in [-0.3, -0.25) is 0 Å². The van der Waals surface area contributed by atoms with Crippen LogP contribution in [-0.2, 0) is 13.5 Å². The van der Waals surface area contributed by atoms with Gasteiger partial charge in [0, 0.05) is 19.5 Å². The van der Waals surface area contributed by atoms with E-state index < -0.39 is 0 Å². The summed E-state index contributed by atoms with van der Waals surface area (Å²) in [5, 5.41) is 0. The molecule has 3 heteroatoms. The number of benzene rings is 2. The number of rotatable bonds is 3. The van der Waals surface area contributed by atoms with E-state index in [0.717, 1.165) is 28.8 Å². The van der Waals surface area contributed by atoms with Crippen molar-refractivity contribution in [1.29, 1.82) is 0 Å². The van der Waals surface area contributed by atoms with Crippen molar-refractivity contribution in [1.82, 2.24) is 9.55 Å². The maximum atomic E-state index is 5.96. The van der Waals surface area contributed by atoms with Gasteiger partial charge in [-0.05, 0) is 30.2 Å². The lowest BCUT2D eigenvalue weighted by molar-refractivity contribution is 0.815. The van der Waals surface area contributed by atoms with E-state index in [1.165, 1.54) is 5.56 Å². The minimum absolute atomic E-state index is 0.0480. The van der Waals surface area contributed by atoms with Gasteiger partial charge in [-0.1, -0.05) is 36.4 Å². The van der Waals surface area contributed by atoms with Crippen molar-refractivity contribution < 1.29 is 0 Å². The molecule has 0 saturated carbocycles. The van der Waals surface area contributed by atoms with Gasteiger partial charge in [-0.2, -0.15) is 0 Å². The number of aromatic nitrogens is 2. The molecule has 1 heterocycles. The summed E-state index contributed by atoms with van der Waals surface area (Å²) in [7, 11) is 2.07. The fourth-order valence-electron chi connectivity index (χ4n) is 2.48. The van der Waals surface area contributed by atoms with Crippen LogP contribution in [0.4, 0.5) is 0 Å². The molecule has 3 rings (SSSR count).